The number of aliphatic hydroxyl groups excluding tert-OH is 1. The first-order valence-corrected chi connectivity index (χ1v) is 5.82. The Morgan fingerprint density at radius 1 is 1.59 bits per heavy atom. The number of rotatable bonds is 1. The molecule has 92 valence electrons. The van der Waals surface area contributed by atoms with Crippen LogP contribution in [0.5, 0.6) is 0 Å². The second kappa shape index (κ2) is 4.58. The van der Waals surface area contributed by atoms with E-state index in [-0.39, 0.29) is 0 Å². The average molecular weight is 256 g/mol. The lowest BCUT2D eigenvalue weighted by molar-refractivity contribution is 0.0154. The van der Waals surface area contributed by atoms with Gasteiger partial charge in [-0.3, -0.25) is 4.79 Å². The molecule has 0 spiro atoms. The molecule has 2 rings (SSSR count). The van der Waals surface area contributed by atoms with Crippen molar-refractivity contribution in [3.05, 3.63) is 24.3 Å². The predicted octanol–water partition coefficient (Wildman–Crippen LogP) is 1.51. The molecular weight excluding hydrogens is 242 g/mol. The van der Waals surface area contributed by atoms with E-state index in [2.05, 4.69) is 9.97 Å². The van der Waals surface area contributed by atoms with Crippen molar-refractivity contribution in [1.82, 2.24) is 14.9 Å². The Labute approximate surface area is 104 Å². The Balaban J connectivity index is 2.39. The van der Waals surface area contributed by atoms with Crippen molar-refractivity contribution in [2.24, 2.45) is 0 Å². The fraction of sp³-hybridized carbons (Fsp3) is 0.545. The number of aromatic nitrogens is 2. The van der Waals surface area contributed by atoms with E-state index >= 15 is 0 Å². The van der Waals surface area contributed by atoms with Crippen molar-refractivity contribution in [2.75, 3.05) is 6.54 Å². The highest BCUT2D eigenvalue weighted by Gasteiger charge is 2.42. The van der Waals surface area contributed by atoms with Gasteiger partial charge in [0.2, 0.25) is 0 Å². The SMILES string of the molecule is CC1(c2cncnc2)CC(O)CCN1C(=O)Cl. The van der Waals surface area contributed by atoms with Crippen molar-refractivity contribution in [3.63, 3.8) is 0 Å². The number of nitrogens with zero attached hydrogens (tertiary/aromatic N) is 3. The summed E-state index contributed by atoms with van der Waals surface area (Å²) in [5.41, 5.74) is 0.144. The molecule has 1 saturated heterocycles. The first kappa shape index (κ1) is 12.3. The zero-order valence-electron chi connectivity index (χ0n) is 9.51. The Bertz CT molecular complexity index is 414. The molecule has 1 N–H and O–H groups in total. The van der Waals surface area contributed by atoms with Crippen LogP contribution in [0, 0.1) is 0 Å². The van der Waals surface area contributed by atoms with Gasteiger partial charge in [0.15, 0.2) is 0 Å². The van der Waals surface area contributed by atoms with Crippen LogP contribution in [0.1, 0.15) is 25.3 Å². The number of aliphatic hydroxyl groups is 1. The van der Waals surface area contributed by atoms with E-state index in [4.69, 9.17) is 11.6 Å². The second-order valence-electron chi connectivity index (χ2n) is 4.45. The molecule has 17 heavy (non-hydrogen) atoms. The molecule has 2 atom stereocenters. The van der Waals surface area contributed by atoms with Crippen LogP contribution in [0.15, 0.2) is 18.7 Å². The maximum atomic E-state index is 11.5. The van der Waals surface area contributed by atoms with Crippen LogP contribution in [0.25, 0.3) is 0 Å². The van der Waals surface area contributed by atoms with Gasteiger partial charge in [-0.1, -0.05) is 0 Å². The normalized spacial score (nSPS) is 29.1. The minimum atomic E-state index is -0.641. The van der Waals surface area contributed by atoms with Gasteiger partial charge in [0.1, 0.15) is 6.33 Å². The highest BCUT2D eigenvalue weighted by atomic mass is 35.5. The fourth-order valence-corrected chi connectivity index (χ4v) is 2.60. The van der Waals surface area contributed by atoms with E-state index in [0.717, 1.165) is 5.56 Å². The highest BCUT2D eigenvalue weighted by molar-refractivity contribution is 6.62. The van der Waals surface area contributed by atoms with Crippen LogP contribution in [0.4, 0.5) is 4.79 Å². The van der Waals surface area contributed by atoms with Gasteiger partial charge in [-0.15, -0.1) is 0 Å². The lowest BCUT2D eigenvalue weighted by Crippen LogP contribution is -2.52. The molecule has 0 saturated carbocycles. The molecule has 0 aromatic carbocycles. The minimum Gasteiger partial charge on any atom is -0.393 e. The zero-order chi connectivity index (χ0) is 12.5. The summed E-state index contributed by atoms with van der Waals surface area (Å²) in [4.78, 5) is 20.9. The highest BCUT2D eigenvalue weighted by Crippen LogP contribution is 2.37. The lowest BCUT2D eigenvalue weighted by Gasteiger charge is -2.45. The van der Waals surface area contributed by atoms with Crippen LogP contribution in [0.3, 0.4) is 0 Å². The molecule has 1 aromatic rings. The van der Waals surface area contributed by atoms with Gasteiger partial charge >= 0.3 is 5.37 Å². The Kier molecular flexibility index (Phi) is 3.31. The van der Waals surface area contributed by atoms with E-state index in [1.165, 1.54) is 6.33 Å². The number of amides is 1. The molecule has 2 heterocycles. The molecule has 0 bridgehead atoms. The van der Waals surface area contributed by atoms with Crippen molar-refractivity contribution in [3.8, 4) is 0 Å². The van der Waals surface area contributed by atoms with Gasteiger partial charge in [-0.25, -0.2) is 9.97 Å². The molecule has 5 nitrogen and oxygen atoms in total. The van der Waals surface area contributed by atoms with Crippen LogP contribution < -0.4 is 0 Å². The number of hydrogen-bond donors (Lipinski definition) is 1. The van der Waals surface area contributed by atoms with Crippen LogP contribution >= 0.6 is 11.6 Å². The van der Waals surface area contributed by atoms with Crippen LogP contribution in [-0.2, 0) is 5.54 Å². The molecule has 1 fully saturated rings. The lowest BCUT2D eigenvalue weighted by atomic mass is 9.82. The molecule has 6 heteroatoms. The van der Waals surface area contributed by atoms with Crippen LogP contribution in [0.2, 0.25) is 0 Å². The predicted molar refractivity (Wildman–Crippen MR) is 62.6 cm³/mol. The third-order valence-corrected chi connectivity index (χ3v) is 3.51. The van der Waals surface area contributed by atoms with Gasteiger partial charge < -0.3 is 10.0 Å². The van der Waals surface area contributed by atoms with E-state index in [9.17, 15) is 9.90 Å². The van der Waals surface area contributed by atoms with Crippen LogP contribution in [-0.4, -0.2) is 38.0 Å². The summed E-state index contributed by atoms with van der Waals surface area (Å²) in [6.07, 6.45) is 5.28. The number of halogens is 1. The standard InChI is InChI=1S/C11H14ClN3O2/c1-11(8-5-13-7-14-6-8)4-9(16)2-3-15(11)10(12)17/h5-7,9,16H,2-4H2,1H3. The molecule has 1 aliphatic heterocycles. The van der Waals surface area contributed by atoms with Crippen molar-refractivity contribution < 1.29 is 9.90 Å². The summed E-state index contributed by atoms with van der Waals surface area (Å²) in [6, 6.07) is 0. The Hall–Kier alpha value is -1.20. The minimum absolute atomic E-state index is 0.438. The number of hydrogen-bond acceptors (Lipinski definition) is 4. The van der Waals surface area contributed by atoms with Crippen molar-refractivity contribution >= 4 is 17.0 Å². The second-order valence-corrected chi connectivity index (χ2v) is 4.78. The first-order valence-electron chi connectivity index (χ1n) is 5.44. The monoisotopic (exact) mass is 255 g/mol. The van der Waals surface area contributed by atoms with Crippen molar-refractivity contribution in [2.45, 2.75) is 31.4 Å². The largest absolute Gasteiger partial charge is 0.393 e. The molecular formula is C11H14ClN3O2. The topological polar surface area (TPSA) is 66.3 Å². The summed E-state index contributed by atoms with van der Waals surface area (Å²) in [5, 5.41) is 9.27. The van der Waals surface area contributed by atoms with Gasteiger partial charge in [0, 0.05) is 30.9 Å². The summed E-state index contributed by atoms with van der Waals surface area (Å²) in [5.74, 6) is 0. The van der Waals surface area contributed by atoms with E-state index in [1.807, 2.05) is 6.92 Å². The Morgan fingerprint density at radius 2 is 2.24 bits per heavy atom. The summed E-state index contributed by atoms with van der Waals surface area (Å²) in [6.45, 7) is 2.31. The van der Waals surface area contributed by atoms with Crippen molar-refractivity contribution in [1.29, 1.82) is 0 Å². The third-order valence-electron chi connectivity index (χ3n) is 3.31. The quantitative estimate of drug-likeness (QED) is 0.610. The number of carbonyl (C=O) groups excluding carboxylic acids is 1. The summed E-state index contributed by atoms with van der Waals surface area (Å²) >= 11 is 5.60. The first-order chi connectivity index (χ1) is 8.04. The maximum absolute atomic E-state index is 11.5. The summed E-state index contributed by atoms with van der Waals surface area (Å²) < 4.78 is 0. The number of likely N-dealkylation sites (tertiary alicyclic amines) is 1. The molecule has 1 aliphatic rings. The third kappa shape index (κ3) is 2.25. The molecule has 0 aliphatic carbocycles. The van der Waals surface area contributed by atoms with E-state index < -0.39 is 17.0 Å². The summed E-state index contributed by atoms with van der Waals surface area (Å²) in [7, 11) is 0. The number of piperidine rings is 1. The van der Waals surface area contributed by atoms with Gasteiger partial charge in [-0.2, -0.15) is 0 Å². The van der Waals surface area contributed by atoms with Gasteiger partial charge in [0.05, 0.1) is 11.6 Å². The van der Waals surface area contributed by atoms with Gasteiger partial charge in [0.25, 0.3) is 0 Å². The zero-order valence-corrected chi connectivity index (χ0v) is 10.3. The average Bonchev–Trinajstić information content (AvgIpc) is 2.29. The number of carbonyl (C=O) groups is 1. The molecule has 0 radical (unpaired) electrons. The van der Waals surface area contributed by atoms with Gasteiger partial charge in [-0.05, 0) is 24.9 Å². The maximum Gasteiger partial charge on any atom is 0.317 e. The van der Waals surface area contributed by atoms with E-state index in [0.29, 0.717) is 19.4 Å². The Morgan fingerprint density at radius 3 is 2.82 bits per heavy atom. The van der Waals surface area contributed by atoms with E-state index in [1.54, 1.807) is 17.3 Å². The smallest absolute Gasteiger partial charge is 0.317 e. The molecule has 1 amide bonds. The fourth-order valence-electron chi connectivity index (χ4n) is 2.33. The molecule has 1 aromatic heterocycles. The molecule has 2 unspecified atom stereocenters.